The highest BCUT2D eigenvalue weighted by atomic mass is 32.3. The maximum Gasteiger partial charge on any atom is 0.500 e. The van der Waals surface area contributed by atoms with Gasteiger partial charge in [0.25, 0.3) is 0 Å². The minimum atomic E-state index is -4.41. The lowest BCUT2D eigenvalue weighted by molar-refractivity contribution is 0.262. The van der Waals surface area contributed by atoms with Crippen molar-refractivity contribution in [1.29, 1.82) is 0 Å². The highest BCUT2D eigenvalue weighted by Crippen LogP contribution is 2.24. The quantitative estimate of drug-likeness (QED) is 0.289. The van der Waals surface area contributed by atoms with Crippen LogP contribution in [0.4, 0.5) is 16.2 Å². The van der Waals surface area contributed by atoms with Crippen LogP contribution in [0, 0.1) is 0 Å². The van der Waals surface area contributed by atoms with E-state index in [-0.39, 0.29) is 33.5 Å². The molecule has 4 rings (SSSR count). The van der Waals surface area contributed by atoms with Crippen molar-refractivity contribution in [3.8, 4) is 17.2 Å². The van der Waals surface area contributed by atoms with Gasteiger partial charge in [0.2, 0.25) is 0 Å². The summed E-state index contributed by atoms with van der Waals surface area (Å²) in [6.07, 6.45) is 0. The highest BCUT2D eigenvalue weighted by Gasteiger charge is 2.17. The zero-order chi connectivity index (χ0) is 26.3. The number of nitrogens with one attached hydrogen (secondary N) is 2. The fourth-order valence-electron chi connectivity index (χ4n) is 3.04. The molecular formula is C25H20N2O8S2. The Balaban J connectivity index is 1.38. The van der Waals surface area contributed by atoms with Gasteiger partial charge in [-0.3, -0.25) is 0 Å². The second-order valence-electron chi connectivity index (χ2n) is 7.37. The van der Waals surface area contributed by atoms with Gasteiger partial charge in [-0.2, -0.15) is 8.42 Å². The fraction of sp³-hybridized carbons (Fsp3) is 0. The van der Waals surface area contributed by atoms with Crippen LogP contribution in [0.15, 0.2) is 114 Å². The number of carbonyl (C=O) groups excluding carboxylic acids is 1. The minimum absolute atomic E-state index is 0.000623. The average Bonchev–Trinajstić information content (AvgIpc) is 2.85. The molecule has 0 heterocycles. The van der Waals surface area contributed by atoms with Gasteiger partial charge in [0.05, 0.1) is 0 Å². The van der Waals surface area contributed by atoms with Crippen LogP contribution in [-0.4, -0.2) is 22.9 Å². The molecule has 190 valence electrons. The molecule has 0 aliphatic rings. The van der Waals surface area contributed by atoms with Crippen molar-refractivity contribution in [3.63, 3.8) is 0 Å². The molecule has 2 N–H and O–H groups in total. The number of hydrogen-bond donors (Lipinski definition) is 2. The van der Waals surface area contributed by atoms with Crippen LogP contribution in [0.5, 0.6) is 17.2 Å². The molecule has 4 aromatic carbocycles. The van der Waals surface area contributed by atoms with E-state index in [1.54, 1.807) is 36.4 Å². The first kappa shape index (κ1) is 25.5. The summed E-state index contributed by atoms with van der Waals surface area (Å²) in [5, 5.41) is 5.08. The van der Waals surface area contributed by atoms with Crippen molar-refractivity contribution in [3.05, 3.63) is 109 Å². The summed E-state index contributed by atoms with van der Waals surface area (Å²) in [6.45, 7) is 0. The maximum atomic E-state index is 12.5. The largest absolute Gasteiger partial charge is 0.500 e. The third kappa shape index (κ3) is 7.46. The van der Waals surface area contributed by atoms with Crippen molar-refractivity contribution in [2.45, 2.75) is 4.90 Å². The topological polar surface area (TPSA) is 137 Å². The summed E-state index contributed by atoms with van der Waals surface area (Å²) in [7, 11) is -8.46. The molecule has 10 nitrogen and oxygen atoms in total. The molecule has 0 unspecified atom stereocenters. The number of urea groups is 1. The summed E-state index contributed by atoms with van der Waals surface area (Å²) in [5.41, 5.74) is 0.480. The molecule has 0 atom stereocenters. The summed E-state index contributed by atoms with van der Waals surface area (Å²) in [4.78, 5) is 12.5. The number of amides is 2. The van der Waals surface area contributed by atoms with E-state index in [2.05, 4.69) is 10.6 Å². The predicted molar refractivity (Wildman–Crippen MR) is 136 cm³/mol. The van der Waals surface area contributed by atoms with Gasteiger partial charge in [-0.15, -0.1) is 8.42 Å². The predicted octanol–water partition coefficient (Wildman–Crippen LogP) is 4.80. The van der Waals surface area contributed by atoms with Crippen molar-refractivity contribution in [2.75, 3.05) is 10.6 Å². The first-order chi connectivity index (χ1) is 17.7. The Morgan fingerprint density at radius 2 is 1.00 bits per heavy atom. The molecule has 4 aromatic rings. The molecule has 2 amide bonds. The Hall–Kier alpha value is -4.55. The lowest BCUT2D eigenvalue weighted by Crippen LogP contribution is -2.20. The molecular weight excluding hydrogens is 520 g/mol. The van der Waals surface area contributed by atoms with E-state index in [9.17, 15) is 21.6 Å². The maximum absolute atomic E-state index is 12.5. The highest BCUT2D eigenvalue weighted by molar-refractivity contribution is 7.87. The molecule has 0 fully saturated rings. The van der Waals surface area contributed by atoms with Gasteiger partial charge >= 0.3 is 26.5 Å². The number of anilines is 2. The second-order valence-corrected chi connectivity index (χ2v) is 10.1. The average molecular weight is 541 g/mol. The molecule has 0 saturated heterocycles. The Labute approximate surface area is 213 Å². The van der Waals surface area contributed by atoms with Crippen LogP contribution in [0.2, 0.25) is 0 Å². The number of hydrogen-bond acceptors (Lipinski definition) is 8. The van der Waals surface area contributed by atoms with E-state index < -0.39 is 26.5 Å². The monoisotopic (exact) mass is 540 g/mol. The smallest absolute Gasteiger partial charge is 0.379 e. The molecule has 0 saturated carbocycles. The molecule has 0 aliphatic heterocycles. The van der Waals surface area contributed by atoms with Crippen molar-refractivity contribution in [2.24, 2.45) is 0 Å². The first-order valence-electron chi connectivity index (χ1n) is 10.7. The van der Waals surface area contributed by atoms with Crippen LogP contribution in [0.3, 0.4) is 0 Å². The van der Waals surface area contributed by atoms with Gasteiger partial charge in [-0.25, -0.2) is 4.79 Å². The van der Waals surface area contributed by atoms with Gasteiger partial charge in [-0.1, -0.05) is 48.5 Å². The third-order valence-electron chi connectivity index (χ3n) is 4.56. The minimum Gasteiger partial charge on any atom is -0.379 e. The SMILES string of the molecule is O=C(Nc1cccc(OS(=O)(=O)Oc2ccccc2)c1)Nc1cccc(OS(=O)(=O)c2ccccc2)c1. The molecule has 0 spiro atoms. The van der Waals surface area contributed by atoms with Crippen molar-refractivity contribution >= 4 is 37.9 Å². The van der Waals surface area contributed by atoms with E-state index >= 15 is 0 Å². The molecule has 12 heteroatoms. The lowest BCUT2D eigenvalue weighted by Gasteiger charge is -2.11. The third-order valence-corrected chi connectivity index (χ3v) is 6.62. The number of rotatable bonds is 9. The first-order valence-corrected chi connectivity index (χ1v) is 13.4. The van der Waals surface area contributed by atoms with Gasteiger partial charge in [-0.05, 0) is 48.5 Å². The van der Waals surface area contributed by atoms with Gasteiger partial charge in [0, 0.05) is 23.5 Å². The van der Waals surface area contributed by atoms with Crippen LogP contribution >= 0.6 is 0 Å². The number of para-hydroxylation sites is 1. The Bertz CT molecular complexity index is 1590. The normalized spacial score (nSPS) is 11.2. The zero-order valence-corrected chi connectivity index (χ0v) is 20.6. The number of benzene rings is 4. The standard InChI is InChI=1S/C25H20N2O8S2/c28-25(26-19-9-7-13-22(17-19)33-36(29,30)24-15-5-2-6-16-24)27-20-10-8-14-23(18-20)35-37(31,32)34-21-11-3-1-4-12-21/h1-18H,(H2,26,27,28). The van der Waals surface area contributed by atoms with E-state index in [0.29, 0.717) is 0 Å². The summed E-state index contributed by atoms with van der Waals surface area (Å²) in [5.74, 6) is -0.00476. The van der Waals surface area contributed by atoms with Crippen molar-refractivity contribution < 1.29 is 34.2 Å². The van der Waals surface area contributed by atoms with Crippen LogP contribution < -0.4 is 23.2 Å². The van der Waals surface area contributed by atoms with E-state index in [4.69, 9.17) is 12.5 Å². The van der Waals surface area contributed by atoms with E-state index in [0.717, 1.165) is 0 Å². The Kier molecular flexibility index (Phi) is 7.60. The molecule has 0 radical (unpaired) electrons. The molecule has 0 aromatic heterocycles. The van der Waals surface area contributed by atoms with Gasteiger partial charge in [0.1, 0.15) is 22.1 Å². The van der Waals surface area contributed by atoms with Crippen LogP contribution in [-0.2, 0) is 20.5 Å². The summed E-state index contributed by atoms with van der Waals surface area (Å²) in [6, 6.07) is 26.3. The fourth-order valence-corrected chi connectivity index (χ4v) is 4.70. The zero-order valence-electron chi connectivity index (χ0n) is 19.0. The van der Waals surface area contributed by atoms with Crippen LogP contribution in [0.25, 0.3) is 0 Å². The lowest BCUT2D eigenvalue weighted by atomic mass is 10.3. The summed E-state index contributed by atoms with van der Waals surface area (Å²) < 4.78 is 64.2. The summed E-state index contributed by atoms with van der Waals surface area (Å²) >= 11 is 0. The van der Waals surface area contributed by atoms with Gasteiger partial charge < -0.3 is 23.2 Å². The Morgan fingerprint density at radius 1 is 0.541 bits per heavy atom. The van der Waals surface area contributed by atoms with E-state index in [1.165, 1.54) is 72.8 Å². The molecule has 0 aliphatic carbocycles. The Morgan fingerprint density at radius 3 is 1.57 bits per heavy atom. The van der Waals surface area contributed by atoms with Gasteiger partial charge in [0.15, 0.2) is 0 Å². The van der Waals surface area contributed by atoms with Crippen molar-refractivity contribution in [1.82, 2.24) is 0 Å². The molecule has 37 heavy (non-hydrogen) atoms. The molecule has 0 bridgehead atoms. The van der Waals surface area contributed by atoms with E-state index in [1.807, 2.05) is 0 Å². The second kappa shape index (κ2) is 11.0. The van der Waals surface area contributed by atoms with Crippen LogP contribution in [0.1, 0.15) is 0 Å². The number of carbonyl (C=O) groups is 1.